The first-order valence-corrected chi connectivity index (χ1v) is 13.0. The highest BCUT2D eigenvalue weighted by Crippen LogP contribution is 2.35. The van der Waals surface area contributed by atoms with Crippen molar-refractivity contribution >= 4 is 33.3 Å². The normalized spacial score (nSPS) is 15.8. The Morgan fingerprint density at radius 3 is 2.62 bits per heavy atom. The summed E-state index contributed by atoms with van der Waals surface area (Å²) < 4.78 is 16.1. The van der Waals surface area contributed by atoms with Crippen LogP contribution in [0.15, 0.2) is 42.9 Å². The number of anilines is 2. The molecule has 0 aliphatic carbocycles. The van der Waals surface area contributed by atoms with Gasteiger partial charge >= 0.3 is 0 Å². The van der Waals surface area contributed by atoms with Crippen LogP contribution in [0.5, 0.6) is 0 Å². The maximum atomic E-state index is 16.1. The molecule has 202 valence electrons. The number of aromatic amines is 2. The summed E-state index contributed by atoms with van der Waals surface area (Å²) in [5.41, 5.74) is 4.41. The number of rotatable bonds is 5. The van der Waals surface area contributed by atoms with Gasteiger partial charge in [-0.05, 0) is 25.2 Å². The molecule has 4 aromatic heterocycles. The number of benzene rings is 1. The van der Waals surface area contributed by atoms with Gasteiger partial charge in [-0.3, -0.25) is 15.1 Å². The Labute approximate surface area is 225 Å². The number of aliphatic hydroxyl groups is 1. The zero-order valence-electron chi connectivity index (χ0n) is 22.5. The zero-order chi connectivity index (χ0) is 27.3. The largest absolute Gasteiger partial charge is 0.373 e. The summed E-state index contributed by atoms with van der Waals surface area (Å²) in [6.07, 6.45) is 3.89. The minimum absolute atomic E-state index is 0.140. The average Bonchev–Trinajstić information content (AvgIpc) is 3.54. The van der Waals surface area contributed by atoms with Crippen LogP contribution >= 0.6 is 0 Å². The van der Waals surface area contributed by atoms with Crippen molar-refractivity contribution in [2.24, 2.45) is 5.41 Å². The standard InChI is InChI=1S/C28H32FN9O/c1-28(2,3)27(39)32-17-12-16(13-30-14-17)23-22(29)21-19(15-31-23)35-36-25(21)26-33-18-6-5-7-20(24(18)34-26)38-10-8-37(4)9-11-38/h5-7,12-15,27,32,39H,8-11H2,1-4H3,(H,33,34)(H,35,36). The van der Waals surface area contributed by atoms with E-state index in [0.29, 0.717) is 33.7 Å². The van der Waals surface area contributed by atoms with E-state index in [1.807, 2.05) is 32.9 Å². The minimum Gasteiger partial charge on any atom is -0.373 e. The Morgan fingerprint density at radius 1 is 1.05 bits per heavy atom. The van der Waals surface area contributed by atoms with E-state index in [2.05, 4.69) is 53.4 Å². The van der Waals surface area contributed by atoms with Gasteiger partial charge in [-0.25, -0.2) is 9.37 Å². The fourth-order valence-corrected chi connectivity index (χ4v) is 4.80. The smallest absolute Gasteiger partial charge is 0.161 e. The topological polar surface area (TPSA) is 122 Å². The Morgan fingerprint density at radius 2 is 1.85 bits per heavy atom. The van der Waals surface area contributed by atoms with Gasteiger partial charge in [-0.2, -0.15) is 5.10 Å². The summed E-state index contributed by atoms with van der Waals surface area (Å²) >= 11 is 0. The quantitative estimate of drug-likeness (QED) is 0.250. The highest BCUT2D eigenvalue weighted by atomic mass is 19.1. The van der Waals surface area contributed by atoms with E-state index in [9.17, 15) is 5.11 Å². The van der Waals surface area contributed by atoms with Crippen LogP contribution in [0, 0.1) is 11.2 Å². The van der Waals surface area contributed by atoms with Crippen LogP contribution in [0.3, 0.4) is 0 Å². The van der Waals surface area contributed by atoms with E-state index in [1.54, 1.807) is 24.7 Å². The van der Waals surface area contributed by atoms with Gasteiger partial charge in [0.15, 0.2) is 11.6 Å². The first-order valence-electron chi connectivity index (χ1n) is 13.0. The summed E-state index contributed by atoms with van der Waals surface area (Å²) in [5, 5.41) is 21.1. The van der Waals surface area contributed by atoms with E-state index in [1.165, 1.54) is 0 Å². The Bertz CT molecular complexity index is 1650. The molecule has 0 saturated carbocycles. The van der Waals surface area contributed by atoms with E-state index in [0.717, 1.165) is 42.9 Å². The van der Waals surface area contributed by atoms with Crippen molar-refractivity contribution in [1.82, 2.24) is 35.0 Å². The predicted molar refractivity (Wildman–Crippen MR) is 151 cm³/mol. The number of imidazole rings is 1. The number of para-hydroxylation sites is 1. The number of nitrogens with zero attached hydrogens (tertiary/aromatic N) is 6. The van der Waals surface area contributed by atoms with E-state index in [-0.39, 0.29) is 11.1 Å². The number of H-pyrrole nitrogens is 2. The van der Waals surface area contributed by atoms with Gasteiger partial charge in [0.1, 0.15) is 23.1 Å². The molecule has 1 aliphatic heterocycles. The van der Waals surface area contributed by atoms with Gasteiger partial charge in [-0.15, -0.1) is 0 Å². The van der Waals surface area contributed by atoms with Crippen LogP contribution in [0.25, 0.3) is 44.7 Å². The van der Waals surface area contributed by atoms with Crippen molar-refractivity contribution in [2.45, 2.75) is 27.0 Å². The number of likely N-dealkylation sites (N-methyl/N-ethyl adjacent to an activating group) is 1. The van der Waals surface area contributed by atoms with E-state index >= 15 is 4.39 Å². The summed E-state index contributed by atoms with van der Waals surface area (Å²) in [7, 11) is 2.13. The van der Waals surface area contributed by atoms with Gasteiger partial charge in [0.05, 0.1) is 40.2 Å². The number of hydrogen-bond acceptors (Lipinski definition) is 8. The van der Waals surface area contributed by atoms with Crippen LogP contribution in [0.4, 0.5) is 15.8 Å². The number of piperazine rings is 1. The molecule has 5 aromatic rings. The van der Waals surface area contributed by atoms with Gasteiger partial charge in [0.2, 0.25) is 0 Å². The molecular weight excluding hydrogens is 497 g/mol. The van der Waals surface area contributed by atoms with Gasteiger partial charge in [-0.1, -0.05) is 26.8 Å². The van der Waals surface area contributed by atoms with Crippen molar-refractivity contribution in [2.75, 3.05) is 43.4 Å². The highest BCUT2D eigenvalue weighted by molar-refractivity contribution is 5.97. The SMILES string of the molecule is CN1CCN(c2cccc3[nH]c(-c4n[nH]c5cnc(-c6cncc(NC(O)C(C)(C)C)c6)c(F)c45)nc23)CC1. The molecule has 0 spiro atoms. The van der Waals surface area contributed by atoms with Gasteiger partial charge in [0.25, 0.3) is 0 Å². The van der Waals surface area contributed by atoms with Crippen LogP contribution in [-0.4, -0.2) is 79.6 Å². The summed E-state index contributed by atoms with van der Waals surface area (Å²) in [6.45, 7) is 9.57. The summed E-state index contributed by atoms with van der Waals surface area (Å²) in [4.78, 5) is 21.5. The lowest BCUT2D eigenvalue weighted by Gasteiger charge is -2.34. The Hall–Kier alpha value is -4.09. The molecule has 1 aliphatic rings. The Kier molecular flexibility index (Phi) is 6.19. The molecule has 1 unspecified atom stereocenters. The molecule has 11 heteroatoms. The third kappa shape index (κ3) is 4.68. The second-order valence-electron chi connectivity index (χ2n) is 11.2. The maximum Gasteiger partial charge on any atom is 0.161 e. The van der Waals surface area contributed by atoms with Crippen LogP contribution in [-0.2, 0) is 0 Å². The molecule has 10 nitrogen and oxygen atoms in total. The molecular formula is C28H32FN9O. The molecule has 39 heavy (non-hydrogen) atoms. The lowest BCUT2D eigenvalue weighted by molar-refractivity contribution is 0.0880. The van der Waals surface area contributed by atoms with E-state index in [4.69, 9.17) is 4.98 Å². The monoisotopic (exact) mass is 529 g/mol. The predicted octanol–water partition coefficient (Wildman–Crippen LogP) is 4.23. The Balaban J connectivity index is 1.39. The zero-order valence-corrected chi connectivity index (χ0v) is 22.5. The first-order chi connectivity index (χ1) is 18.7. The molecule has 6 rings (SSSR count). The second kappa shape index (κ2) is 9.58. The number of aliphatic hydroxyl groups excluding tert-OH is 1. The molecule has 1 saturated heterocycles. The number of aromatic nitrogens is 6. The lowest BCUT2D eigenvalue weighted by atomic mass is 9.94. The molecule has 4 N–H and O–H groups in total. The molecule has 0 radical (unpaired) electrons. The molecule has 1 atom stereocenters. The van der Waals surface area contributed by atoms with Crippen LogP contribution in [0.1, 0.15) is 20.8 Å². The maximum absolute atomic E-state index is 16.1. The second-order valence-corrected chi connectivity index (χ2v) is 11.2. The van der Waals surface area contributed by atoms with Crippen LogP contribution < -0.4 is 10.2 Å². The average molecular weight is 530 g/mol. The summed E-state index contributed by atoms with van der Waals surface area (Å²) in [6, 6.07) is 7.78. The van der Waals surface area contributed by atoms with Crippen molar-refractivity contribution < 1.29 is 9.50 Å². The summed E-state index contributed by atoms with van der Waals surface area (Å²) in [5.74, 6) is -0.0398. The van der Waals surface area contributed by atoms with Crippen molar-refractivity contribution in [3.05, 3.63) is 48.7 Å². The molecule has 0 amide bonds. The molecule has 0 bridgehead atoms. The molecule has 1 aromatic carbocycles. The first kappa shape index (κ1) is 25.2. The number of hydrogen-bond donors (Lipinski definition) is 4. The highest BCUT2D eigenvalue weighted by Gasteiger charge is 2.24. The van der Waals surface area contributed by atoms with Crippen LogP contribution in [0.2, 0.25) is 0 Å². The molecule has 1 fully saturated rings. The van der Waals surface area contributed by atoms with Gasteiger partial charge in [0, 0.05) is 43.4 Å². The van der Waals surface area contributed by atoms with E-state index < -0.39 is 12.0 Å². The third-order valence-electron chi connectivity index (χ3n) is 7.24. The van der Waals surface area contributed by atoms with Crippen molar-refractivity contribution in [3.63, 3.8) is 0 Å². The number of nitrogens with one attached hydrogen (secondary N) is 3. The molecule has 5 heterocycles. The fraction of sp³-hybridized carbons (Fsp3) is 0.357. The van der Waals surface area contributed by atoms with Gasteiger partial charge < -0.3 is 25.2 Å². The lowest BCUT2D eigenvalue weighted by Crippen LogP contribution is -2.44. The number of pyridine rings is 2. The third-order valence-corrected chi connectivity index (χ3v) is 7.24. The van der Waals surface area contributed by atoms with Crippen molar-refractivity contribution in [1.29, 1.82) is 0 Å². The number of halogens is 1. The minimum atomic E-state index is -0.806. The fourth-order valence-electron chi connectivity index (χ4n) is 4.80. The van der Waals surface area contributed by atoms with Crippen molar-refractivity contribution in [3.8, 4) is 22.8 Å². The number of fused-ring (bicyclic) bond motifs is 2.